The van der Waals surface area contributed by atoms with Gasteiger partial charge in [0.2, 0.25) is 11.8 Å². The lowest BCUT2D eigenvalue weighted by Crippen LogP contribution is -2.42. The first-order valence-electron chi connectivity index (χ1n) is 9.11. The van der Waals surface area contributed by atoms with Crippen molar-refractivity contribution in [3.63, 3.8) is 0 Å². The number of nitrogens with zero attached hydrogens (tertiary/aromatic N) is 1. The van der Waals surface area contributed by atoms with Crippen LogP contribution in [-0.2, 0) is 9.59 Å². The Morgan fingerprint density at radius 1 is 1.36 bits per heavy atom. The third-order valence-electron chi connectivity index (χ3n) is 5.08. The predicted molar refractivity (Wildman–Crippen MR) is 101 cm³/mol. The fourth-order valence-corrected chi connectivity index (χ4v) is 4.54. The number of amides is 2. The van der Waals surface area contributed by atoms with Crippen molar-refractivity contribution in [2.24, 2.45) is 5.92 Å². The lowest BCUT2D eigenvalue weighted by molar-refractivity contribution is -0.131. The normalized spacial score (nSPS) is 24.3. The molecule has 0 radical (unpaired) electrons. The highest BCUT2D eigenvalue weighted by Crippen LogP contribution is 2.22. The van der Waals surface area contributed by atoms with Crippen molar-refractivity contribution in [3.05, 3.63) is 35.9 Å². The van der Waals surface area contributed by atoms with Gasteiger partial charge in [0.1, 0.15) is 0 Å². The molecule has 2 N–H and O–H groups in total. The zero-order chi connectivity index (χ0) is 17.6. The summed E-state index contributed by atoms with van der Waals surface area (Å²) in [7, 11) is 0. The van der Waals surface area contributed by atoms with Gasteiger partial charge >= 0.3 is 0 Å². The molecular formula is C19H27N3O2S. The van der Waals surface area contributed by atoms with E-state index >= 15 is 0 Å². The van der Waals surface area contributed by atoms with Gasteiger partial charge in [0.15, 0.2) is 0 Å². The Labute approximate surface area is 153 Å². The Morgan fingerprint density at radius 3 is 2.84 bits per heavy atom. The van der Waals surface area contributed by atoms with E-state index in [1.54, 1.807) is 0 Å². The number of benzene rings is 1. The Balaban J connectivity index is 1.47. The zero-order valence-electron chi connectivity index (χ0n) is 14.7. The van der Waals surface area contributed by atoms with E-state index in [0.717, 1.165) is 43.1 Å². The van der Waals surface area contributed by atoms with Gasteiger partial charge in [-0.05, 0) is 24.3 Å². The molecule has 2 aliphatic rings. The summed E-state index contributed by atoms with van der Waals surface area (Å²) < 4.78 is 0. The molecule has 1 aromatic rings. The van der Waals surface area contributed by atoms with E-state index in [0.29, 0.717) is 12.5 Å². The van der Waals surface area contributed by atoms with Crippen molar-refractivity contribution in [3.8, 4) is 0 Å². The van der Waals surface area contributed by atoms with Crippen LogP contribution in [0.5, 0.6) is 0 Å². The number of thioether (sulfide) groups is 1. The van der Waals surface area contributed by atoms with E-state index < -0.39 is 0 Å². The van der Waals surface area contributed by atoms with Gasteiger partial charge in [-0.3, -0.25) is 9.59 Å². The van der Waals surface area contributed by atoms with Gasteiger partial charge in [-0.1, -0.05) is 37.3 Å². The summed E-state index contributed by atoms with van der Waals surface area (Å²) in [4.78, 5) is 26.9. The quantitative estimate of drug-likeness (QED) is 0.811. The summed E-state index contributed by atoms with van der Waals surface area (Å²) >= 11 is 1.81. The third kappa shape index (κ3) is 4.55. The Bertz CT molecular complexity index is 590. The maximum Gasteiger partial charge on any atom is 0.240 e. The fraction of sp³-hybridized carbons (Fsp3) is 0.579. The van der Waals surface area contributed by atoms with Crippen LogP contribution in [0.25, 0.3) is 0 Å². The standard InChI is InChI=1S/C19H27N3O2S/c1-2-16(15-6-4-3-5-7-15)18(23)21-12-14-10-17(20-11-14)19(24)22-8-9-25-13-22/h3-7,14,16-17,20H,2,8-13H2,1H3,(H,21,23). The zero-order valence-corrected chi connectivity index (χ0v) is 15.6. The van der Waals surface area contributed by atoms with E-state index in [1.165, 1.54) is 0 Å². The Hall–Kier alpha value is -1.53. The molecule has 2 amide bonds. The van der Waals surface area contributed by atoms with Gasteiger partial charge in [-0.15, -0.1) is 11.8 Å². The molecule has 0 spiro atoms. The molecule has 0 saturated carbocycles. The van der Waals surface area contributed by atoms with E-state index in [9.17, 15) is 9.59 Å². The van der Waals surface area contributed by atoms with Crippen LogP contribution in [0.4, 0.5) is 0 Å². The third-order valence-corrected chi connectivity index (χ3v) is 6.04. The maximum atomic E-state index is 12.5. The molecule has 0 aliphatic carbocycles. The highest BCUT2D eigenvalue weighted by atomic mass is 32.2. The summed E-state index contributed by atoms with van der Waals surface area (Å²) in [5.41, 5.74) is 1.06. The van der Waals surface area contributed by atoms with E-state index in [2.05, 4.69) is 10.6 Å². The van der Waals surface area contributed by atoms with Crippen LogP contribution in [0, 0.1) is 5.92 Å². The fourth-order valence-electron chi connectivity index (χ4n) is 3.59. The van der Waals surface area contributed by atoms with Gasteiger partial charge in [0.25, 0.3) is 0 Å². The van der Waals surface area contributed by atoms with Crippen molar-refractivity contribution in [2.75, 3.05) is 31.3 Å². The van der Waals surface area contributed by atoms with E-state index in [1.807, 2.05) is 53.9 Å². The molecule has 2 aliphatic heterocycles. The summed E-state index contributed by atoms with van der Waals surface area (Å²) in [5, 5.41) is 6.43. The van der Waals surface area contributed by atoms with Crippen molar-refractivity contribution >= 4 is 23.6 Å². The molecule has 0 aromatic heterocycles. The monoisotopic (exact) mass is 361 g/mol. The van der Waals surface area contributed by atoms with Gasteiger partial charge in [-0.2, -0.15) is 0 Å². The molecule has 0 bridgehead atoms. The minimum Gasteiger partial charge on any atom is -0.355 e. The molecule has 2 fully saturated rings. The second kappa shape index (κ2) is 8.72. The Morgan fingerprint density at radius 2 is 2.16 bits per heavy atom. The smallest absolute Gasteiger partial charge is 0.240 e. The molecule has 3 atom stereocenters. The number of hydrogen-bond acceptors (Lipinski definition) is 4. The first-order chi connectivity index (χ1) is 12.2. The molecule has 1 aromatic carbocycles. The van der Waals surface area contributed by atoms with Gasteiger partial charge in [0.05, 0.1) is 17.8 Å². The molecule has 136 valence electrons. The highest BCUT2D eigenvalue weighted by Gasteiger charge is 2.33. The number of carbonyl (C=O) groups is 2. The van der Waals surface area contributed by atoms with Crippen molar-refractivity contribution < 1.29 is 9.59 Å². The van der Waals surface area contributed by atoms with E-state index in [4.69, 9.17) is 0 Å². The molecule has 6 heteroatoms. The summed E-state index contributed by atoms with van der Waals surface area (Å²) in [5.74, 6) is 2.37. The number of carbonyl (C=O) groups excluding carboxylic acids is 2. The topological polar surface area (TPSA) is 61.4 Å². The molecule has 25 heavy (non-hydrogen) atoms. The van der Waals surface area contributed by atoms with Crippen LogP contribution in [0.1, 0.15) is 31.2 Å². The van der Waals surface area contributed by atoms with Crippen LogP contribution in [0.3, 0.4) is 0 Å². The van der Waals surface area contributed by atoms with Crippen molar-refractivity contribution in [1.82, 2.24) is 15.5 Å². The van der Waals surface area contributed by atoms with Crippen LogP contribution in [0.2, 0.25) is 0 Å². The average molecular weight is 362 g/mol. The Kier molecular flexibility index (Phi) is 6.37. The van der Waals surface area contributed by atoms with Crippen LogP contribution in [0.15, 0.2) is 30.3 Å². The second-order valence-corrected chi connectivity index (χ2v) is 7.89. The first kappa shape index (κ1) is 18.3. The molecule has 2 heterocycles. The highest BCUT2D eigenvalue weighted by molar-refractivity contribution is 7.99. The molecule has 2 saturated heterocycles. The molecular weight excluding hydrogens is 334 g/mol. The van der Waals surface area contributed by atoms with Gasteiger partial charge in [-0.25, -0.2) is 0 Å². The minimum atomic E-state index is -0.102. The molecule has 5 nitrogen and oxygen atoms in total. The summed E-state index contributed by atoms with van der Waals surface area (Å²) in [6.45, 7) is 4.32. The molecule has 3 unspecified atom stereocenters. The number of nitrogens with one attached hydrogen (secondary N) is 2. The summed E-state index contributed by atoms with van der Waals surface area (Å²) in [6.07, 6.45) is 1.59. The largest absolute Gasteiger partial charge is 0.355 e. The lowest BCUT2D eigenvalue weighted by Gasteiger charge is -2.19. The van der Waals surface area contributed by atoms with Crippen molar-refractivity contribution in [2.45, 2.75) is 31.7 Å². The first-order valence-corrected chi connectivity index (χ1v) is 10.3. The second-order valence-electron chi connectivity index (χ2n) is 6.82. The molecule has 3 rings (SSSR count). The lowest BCUT2D eigenvalue weighted by atomic mass is 9.95. The predicted octanol–water partition coefficient (Wildman–Crippen LogP) is 1.81. The number of rotatable bonds is 6. The van der Waals surface area contributed by atoms with E-state index in [-0.39, 0.29) is 23.8 Å². The van der Waals surface area contributed by atoms with Crippen molar-refractivity contribution in [1.29, 1.82) is 0 Å². The van der Waals surface area contributed by atoms with Crippen LogP contribution in [-0.4, -0.2) is 54.0 Å². The summed E-state index contributed by atoms with van der Waals surface area (Å²) in [6, 6.07) is 9.84. The van der Waals surface area contributed by atoms with Crippen LogP contribution >= 0.6 is 11.8 Å². The van der Waals surface area contributed by atoms with Gasteiger partial charge in [0, 0.05) is 25.4 Å². The minimum absolute atomic E-state index is 0.0828. The maximum absolute atomic E-state index is 12.5. The number of hydrogen-bond donors (Lipinski definition) is 2. The SMILES string of the molecule is CCC(C(=O)NCC1CNC(C(=O)N2CCSC2)C1)c1ccccc1. The van der Waals surface area contributed by atoms with Gasteiger partial charge < -0.3 is 15.5 Å². The van der Waals surface area contributed by atoms with Crippen LogP contribution < -0.4 is 10.6 Å². The average Bonchev–Trinajstić information content (AvgIpc) is 3.33.